The molecule has 3 aromatic carbocycles. The van der Waals surface area contributed by atoms with E-state index in [1.165, 1.54) is 22.8 Å². The van der Waals surface area contributed by atoms with Crippen LogP contribution in [0.4, 0.5) is 0 Å². The summed E-state index contributed by atoms with van der Waals surface area (Å²) in [6.45, 7) is 4.01. The van der Waals surface area contributed by atoms with Gasteiger partial charge in [0.15, 0.2) is 0 Å². The molecule has 1 N–H and O–H groups in total. The molecule has 5 nitrogen and oxygen atoms in total. The van der Waals surface area contributed by atoms with Crippen molar-refractivity contribution in [1.29, 1.82) is 0 Å². The van der Waals surface area contributed by atoms with Crippen molar-refractivity contribution in [2.45, 2.75) is 20.3 Å². The maximum atomic E-state index is 10.3. The fraction of sp³-hybridized carbons (Fsp3) is 0.259. The number of nitrogens with zero attached hydrogens (tertiary/aromatic N) is 1. The minimum atomic E-state index is -0.877. The first kappa shape index (κ1) is 28.0. The molecule has 33 heavy (non-hydrogen) atoms. The van der Waals surface area contributed by atoms with Crippen LogP contribution in [-0.4, -0.2) is 49.2 Å². The zero-order valence-electron chi connectivity index (χ0n) is 19.9. The molecule has 0 atom stereocenters. The topological polar surface area (TPSA) is 66.8 Å². The number of benzene rings is 3. The van der Waals surface area contributed by atoms with Gasteiger partial charge in [-0.25, -0.2) is 0 Å². The predicted octanol–water partition coefficient (Wildman–Crippen LogP) is 3.77. The number of carboxylic acid groups (broad SMARTS) is 1. The first-order valence-electron chi connectivity index (χ1n) is 10.8. The molecular formula is C27H35NO4P+. The van der Waals surface area contributed by atoms with Gasteiger partial charge in [-0.2, -0.15) is 0 Å². The van der Waals surface area contributed by atoms with E-state index in [0.29, 0.717) is 6.61 Å². The number of hydrogen-bond acceptors (Lipinski definition) is 4. The molecule has 0 fully saturated rings. The second-order valence-corrected chi connectivity index (χ2v) is 9.97. The first-order chi connectivity index (χ1) is 15.8. The standard InChI is InChI=1S/C18H15P.C7H15NO2.C2H4O2/c1-4-10-16(11-5-1)19(17-12-6-2-7-13-17)18-14-8-3-9-15-18;1-7(9)10-6-4-5-8(2)3;1-2(3)4/h1-15H;4-6H2,1-3H3;1H3,(H,3,4)/p+1. The summed E-state index contributed by atoms with van der Waals surface area (Å²) in [6.07, 6.45) is 0.909. The van der Waals surface area contributed by atoms with E-state index in [1.807, 2.05) is 14.1 Å². The average Bonchev–Trinajstić information content (AvgIpc) is 2.79. The van der Waals surface area contributed by atoms with Gasteiger partial charge >= 0.3 is 5.97 Å². The normalized spacial score (nSPS) is 9.88. The molecule has 0 heterocycles. The van der Waals surface area contributed by atoms with E-state index < -0.39 is 13.9 Å². The van der Waals surface area contributed by atoms with Crippen molar-refractivity contribution >= 4 is 35.8 Å². The van der Waals surface area contributed by atoms with E-state index in [2.05, 4.69) is 95.9 Å². The van der Waals surface area contributed by atoms with Crippen LogP contribution in [0.3, 0.4) is 0 Å². The van der Waals surface area contributed by atoms with Crippen molar-refractivity contribution in [3.05, 3.63) is 91.0 Å². The second kappa shape index (κ2) is 16.6. The number of esters is 1. The third-order valence-electron chi connectivity index (χ3n) is 4.24. The van der Waals surface area contributed by atoms with Gasteiger partial charge in [-0.05, 0) is 56.9 Å². The quantitative estimate of drug-likeness (QED) is 0.325. The number of carboxylic acids is 1. The van der Waals surface area contributed by atoms with Gasteiger partial charge in [-0.15, -0.1) is 0 Å². The van der Waals surface area contributed by atoms with E-state index in [0.717, 1.165) is 19.9 Å². The van der Waals surface area contributed by atoms with Gasteiger partial charge in [0.2, 0.25) is 0 Å². The van der Waals surface area contributed by atoms with Crippen LogP contribution in [0.1, 0.15) is 20.3 Å². The van der Waals surface area contributed by atoms with Crippen LogP contribution in [0, 0.1) is 0 Å². The van der Waals surface area contributed by atoms with Crippen molar-refractivity contribution in [3.8, 4) is 0 Å². The van der Waals surface area contributed by atoms with E-state index >= 15 is 0 Å². The van der Waals surface area contributed by atoms with Crippen molar-refractivity contribution in [3.63, 3.8) is 0 Å². The summed E-state index contributed by atoms with van der Waals surface area (Å²) in [6, 6.07) is 32.5. The zero-order valence-corrected chi connectivity index (χ0v) is 20.9. The maximum absolute atomic E-state index is 10.3. The van der Waals surface area contributed by atoms with Crippen LogP contribution >= 0.6 is 7.92 Å². The zero-order chi connectivity index (χ0) is 24.5. The molecule has 0 aromatic heterocycles. The van der Waals surface area contributed by atoms with Crippen LogP contribution in [0.2, 0.25) is 0 Å². The maximum Gasteiger partial charge on any atom is 0.302 e. The van der Waals surface area contributed by atoms with Gasteiger partial charge in [-0.3, -0.25) is 9.59 Å². The highest BCUT2D eigenvalue weighted by atomic mass is 31.1. The number of hydrogen-bond donors (Lipinski definition) is 1. The van der Waals surface area contributed by atoms with E-state index in [-0.39, 0.29) is 5.97 Å². The molecule has 3 rings (SSSR count). The van der Waals surface area contributed by atoms with Crippen LogP contribution < -0.4 is 15.9 Å². The summed E-state index contributed by atoms with van der Waals surface area (Å²) in [5.74, 6) is -1.03. The predicted molar refractivity (Wildman–Crippen MR) is 140 cm³/mol. The lowest BCUT2D eigenvalue weighted by Gasteiger charge is -2.10. The van der Waals surface area contributed by atoms with Crippen LogP contribution in [0.25, 0.3) is 0 Å². The summed E-state index contributed by atoms with van der Waals surface area (Å²) >= 11 is 0. The third-order valence-corrected chi connectivity index (χ3v) is 6.97. The molecule has 0 unspecified atom stereocenters. The highest BCUT2D eigenvalue weighted by Crippen LogP contribution is 2.32. The van der Waals surface area contributed by atoms with Crippen molar-refractivity contribution < 1.29 is 19.4 Å². The van der Waals surface area contributed by atoms with E-state index in [4.69, 9.17) is 14.6 Å². The van der Waals surface area contributed by atoms with Crippen LogP contribution in [-0.2, 0) is 14.3 Å². The summed E-state index contributed by atoms with van der Waals surface area (Å²) in [5.41, 5.74) is 0. The largest absolute Gasteiger partial charge is 0.481 e. The van der Waals surface area contributed by atoms with Gasteiger partial charge < -0.3 is 14.7 Å². The number of ether oxygens (including phenoxy) is 1. The molecule has 0 amide bonds. The summed E-state index contributed by atoms with van der Waals surface area (Å²) in [7, 11) is 3.11. The third kappa shape index (κ3) is 13.2. The molecular weight excluding hydrogens is 433 g/mol. The number of carbonyl (C=O) groups is 2. The van der Waals surface area contributed by atoms with Crippen LogP contribution in [0.15, 0.2) is 91.0 Å². The lowest BCUT2D eigenvalue weighted by Crippen LogP contribution is -2.20. The molecule has 6 heteroatoms. The molecule has 0 aliphatic carbocycles. The van der Waals surface area contributed by atoms with Crippen molar-refractivity contribution in [1.82, 2.24) is 4.90 Å². The van der Waals surface area contributed by atoms with Crippen molar-refractivity contribution in [2.24, 2.45) is 0 Å². The summed E-state index contributed by atoms with van der Waals surface area (Å²) in [4.78, 5) is 21.3. The summed E-state index contributed by atoms with van der Waals surface area (Å²) in [5, 5.41) is 11.7. The molecule has 0 saturated carbocycles. The lowest BCUT2D eigenvalue weighted by atomic mass is 10.4. The molecule has 0 spiro atoms. The molecule has 0 aliphatic rings. The van der Waals surface area contributed by atoms with Gasteiger partial charge in [0.05, 0.1) is 14.5 Å². The van der Waals surface area contributed by atoms with Gasteiger partial charge in [0.25, 0.3) is 5.97 Å². The lowest BCUT2D eigenvalue weighted by molar-refractivity contribution is -0.141. The molecule has 0 bridgehead atoms. The molecule has 0 saturated heterocycles. The molecule has 176 valence electrons. The fourth-order valence-electron chi connectivity index (χ4n) is 2.91. The number of carbonyl (C=O) groups excluding carboxylic acids is 1. The Balaban J connectivity index is 0.000000329. The van der Waals surface area contributed by atoms with Gasteiger partial charge in [0.1, 0.15) is 15.9 Å². The first-order valence-corrected chi connectivity index (χ1v) is 12.3. The Morgan fingerprint density at radius 2 is 1.09 bits per heavy atom. The average molecular weight is 469 g/mol. The molecule has 0 radical (unpaired) electrons. The Kier molecular flexibility index (Phi) is 14.1. The SMILES string of the molecule is CC(=O)O.CC(=O)OCCCN(C)C.c1ccc([PH+](c2ccccc2)c2ccccc2)cc1. The monoisotopic (exact) mass is 468 g/mol. The van der Waals surface area contributed by atoms with E-state index in [9.17, 15) is 4.79 Å². The Bertz CT molecular complexity index is 821. The number of rotatable bonds is 7. The Morgan fingerprint density at radius 1 is 0.758 bits per heavy atom. The number of aliphatic carboxylic acids is 1. The van der Waals surface area contributed by atoms with Crippen molar-refractivity contribution in [2.75, 3.05) is 27.2 Å². The van der Waals surface area contributed by atoms with Gasteiger partial charge in [0, 0.05) is 20.4 Å². The smallest absolute Gasteiger partial charge is 0.302 e. The fourth-order valence-corrected chi connectivity index (χ4v) is 5.49. The Labute approximate surface area is 198 Å². The second-order valence-electron chi connectivity index (χ2n) is 7.49. The highest BCUT2D eigenvalue weighted by molar-refractivity contribution is 7.79. The van der Waals surface area contributed by atoms with Crippen LogP contribution in [0.5, 0.6) is 0 Å². The molecule has 0 aliphatic heterocycles. The molecule has 3 aromatic rings. The highest BCUT2D eigenvalue weighted by Gasteiger charge is 2.24. The summed E-state index contributed by atoms with van der Waals surface area (Å²) < 4.78 is 4.73. The Hall–Kier alpha value is -3.01. The minimum Gasteiger partial charge on any atom is -0.481 e. The Morgan fingerprint density at radius 3 is 1.36 bits per heavy atom. The minimum absolute atomic E-state index is 0.196. The van der Waals surface area contributed by atoms with Gasteiger partial charge in [-0.1, -0.05) is 54.6 Å². The van der Waals surface area contributed by atoms with E-state index in [1.54, 1.807) is 0 Å².